The first kappa shape index (κ1) is 20.7. The highest BCUT2D eigenvalue weighted by atomic mass is 127. The largest absolute Gasteiger partial charge is 1.00 e. The lowest BCUT2D eigenvalue weighted by Gasteiger charge is -2.21. The Morgan fingerprint density at radius 1 is 0.846 bits per heavy atom. The molecule has 2 nitrogen and oxygen atoms in total. The lowest BCUT2D eigenvalue weighted by atomic mass is 10.1. The van der Waals surface area contributed by atoms with E-state index in [0.29, 0.717) is 5.92 Å². The van der Waals surface area contributed by atoms with E-state index in [1.807, 2.05) is 0 Å². The van der Waals surface area contributed by atoms with Gasteiger partial charge in [0, 0.05) is 47.8 Å². The number of halogens is 1. The van der Waals surface area contributed by atoms with Crippen molar-refractivity contribution in [1.29, 1.82) is 0 Å². The third-order valence-electron chi connectivity index (χ3n) is 4.78. The second kappa shape index (κ2) is 9.36. The molecule has 0 aliphatic heterocycles. The van der Waals surface area contributed by atoms with E-state index in [9.17, 15) is 0 Å². The number of para-hydroxylation sites is 1. The Hall–Kier alpha value is -1.62. The second-order valence-corrected chi connectivity index (χ2v) is 7.00. The van der Waals surface area contributed by atoms with Crippen LogP contribution in [0.5, 0.6) is 0 Å². The molecule has 0 radical (unpaired) electrons. The zero-order valence-corrected chi connectivity index (χ0v) is 18.4. The van der Waals surface area contributed by atoms with Crippen LogP contribution in [0.3, 0.4) is 0 Å². The summed E-state index contributed by atoms with van der Waals surface area (Å²) >= 11 is 0. The minimum absolute atomic E-state index is 0. The molecular formula is C23H29IN2. The third kappa shape index (κ3) is 4.37. The van der Waals surface area contributed by atoms with Gasteiger partial charge in [-0.1, -0.05) is 26.0 Å². The Balaban J connectivity index is 0.00000243. The van der Waals surface area contributed by atoms with Crippen LogP contribution in [0.2, 0.25) is 0 Å². The second-order valence-electron chi connectivity index (χ2n) is 7.00. The molecule has 0 unspecified atom stereocenters. The minimum Gasteiger partial charge on any atom is -1.00 e. The number of fused-ring (bicyclic) bond motifs is 1. The highest BCUT2D eigenvalue weighted by molar-refractivity contribution is 5.77. The number of hydrogen-bond donors (Lipinski definition) is 0. The molecule has 0 N–H and O–H groups in total. The Kier molecular flexibility index (Phi) is 7.44. The number of anilines is 1. The quantitative estimate of drug-likeness (QED) is 0.405. The summed E-state index contributed by atoms with van der Waals surface area (Å²) in [5.41, 5.74) is 5.17. The van der Waals surface area contributed by atoms with Crippen molar-refractivity contribution >= 4 is 16.6 Å². The van der Waals surface area contributed by atoms with E-state index in [2.05, 4.69) is 97.8 Å². The molecule has 0 aliphatic carbocycles. The maximum absolute atomic E-state index is 2.46. The van der Waals surface area contributed by atoms with Crippen molar-refractivity contribution in [2.45, 2.75) is 34.2 Å². The molecule has 2 aromatic carbocycles. The van der Waals surface area contributed by atoms with Gasteiger partial charge < -0.3 is 28.9 Å². The van der Waals surface area contributed by atoms with Crippen LogP contribution in [0.25, 0.3) is 22.2 Å². The van der Waals surface area contributed by atoms with Gasteiger partial charge in [0.2, 0.25) is 11.2 Å². The van der Waals surface area contributed by atoms with Gasteiger partial charge in [-0.05, 0) is 50.2 Å². The van der Waals surface area contributed by atoms with Gasteiger partial charge in [0.05, 0.1) is 0 Å². The average molecular weight is 460 g/mol. The summed E-state index contributed by atoms with van der Waals surface area (Å²) in [6.45, 7) is 12.1. The zero-order valence-electron chi connectivity index (χ0n) is 16.2. The fourth-order valence-corrected chi connectivity index (χ4v) is 3.51. The first-order chi connectivity index (χ1) is 12.1. The van der Waals surface area contributed by atoms with Crippen molar-refractivity contribution in [2.75, 3.05) is 18.0 Å². The van der Waals surface area contributed by atoms with Gasteiger partial charge in [-0.25, -0.2) is 0 Å². The zero-order chi connectivity index (χ0) is 17.8. The van der Waals surface area contributed by atoms with E-state index in [0.717, 1.165) is 19.6 Å². The van der Waals surface area contributed by atoms with Gasteiger partial charge in [-0.15, -0.1) is 0 Å². The van der Waals surface area contributed by atoms with E-state index in [-0.39, 0.29) is 24.0 Å². The van der Waals surface area contributed by atoms with Crippen LogP contribution >= 0.6 is 0 Å². The van der Waals surface area contributed by atoms with Crippen LogP contribution in [-0.4, -0.2) is 13.1 Å². The molecule has 0 bridgehead atoms. The number of benzene rings is 2. The first-order valence-corrected chi connectivity index (χ1v) is 9.41. The molecule has 0 amide bonds. The number of hydrogen-bond acceptors (Lipinski definition) is 1. The Bertz CT molecular complexity index is 836. The van der Waals surface area contributed by atoms with Crippen molar-refractivity contribution in [2.24, 2.45) is 5.92 Å². The van der Waals surface area contributed by atoms with Crippen LogP contribution in [0.1, 0.15) is 27.7 Å². The molecule has 0 spiro atoms. The predicted octanol–water partition coefficient (Wildman–Crippen LogP) is 2.30. The highest BCUT2D eigenvalue weighted by Crippen LogP contribution is 2.23. The highest BCUT2D eigenvalue weighted by Gasteiger charge is 2.18. The smallest absolute Gasteiger partial charge is 0.213 e. The van der Waals surface area contributed by atoms with Gasteiger partial charge in [-0.3, -0.25) is 0 Å². The average Bonchev–Trinajstić information content (AvgIpc) is 2.63. The maximum Gasteiger partial charge on any atom is 0.213 e. The molecule has 3 aromatic rings. The summed E-state index contributed by atoms with van der Waals surface area (Å²) in [5.74, 6) is 0.601. The molecule has 138 valence electrons. The van der Waals surface area contributed by atoms with Crippen molar-refractivity contribution in [3.05, 3.63) is 60.7 Å². The fraction of sp³-hybridized carbons (Fsp3) is 0.348. The number of pyridine rings is 1. The number of rotatable bonds is 6. The molecule has 3 heteroatoms. The fourth-order valence-electron chi connectivity index (χ4n) is 3.51. The molecule has 1 heterocycles. The Morgan fingerprint density at radius 3 is 2.12 bits per heavy atom. The summed E-state index contributed by atoms with van der Waals surface area (Å²) in [7, 11) is 0. The topological polar surface area (TPSA) is 7.12 Å². The van der Waals surface area contributed by atoms with Crippen LogP contribution in [0, 0.1) is 5.92 Å². The molecule has 0 saturated carbocycles. The van der Waals surface area contributed by atoms with Crippen LogP contribution in [-0.2, 0) is 6.54 Å². The van der Waals surface area contributed by atoms with Gasteiger partial charge in [0.15, 0.2) is 6.54 Å². The van der Waals surface area contributed by atoms with Crippen LogP contribution in [0.4, 0.5) is 5.69 Å². The molecule has 0 saturated heterocycles. The summed E-state index contributed by atoms with van der Waals surface area (Å²) in [4.78, 5) is 2.38. The van der Waals surface area contributed by atoms with Gasteiger partial charge in [0.25, 0.3) is 0 Å². The lowest BCUT2D eigenvalue weighted by molar-refractivity contribution is -0.666. The standard InChI is InChI=1S/C23H29N2.HI/c1-5-24(6-2)21-14-11-20(12-15-21)23-16-13-19-9-7-8-10-22(19)25(23)17-18(3)4;/h7-16,18H,5-6,17H2,1-4H3;1H/q+1;/p-1. The molecule has 3 rings (SSSR count). The summed E-state index contributed by atoms with van der Waals surface area (Å²) in [6.07, 6.45) is 0. The molecular weight excluding hydrogens is 431 g/mol. The minimum atomic E-state index is 0. The van der Waals surface area contributed by atoms with Crippen molar-refractivity contribution in [3.63, 3.8) is 0 Å². The predicted molar refractivity (Wildman–Crippen MR) is 108 cm³/mol. The molecule has 0 aliphatic rings. The normalized spacial score (nSPS) is 10.8. The Morgan fingerprint density at radius 2 is 1.50 bits per heavy atom. The number of nitrogens with zero attached hydrogens (tertiary/aromatic N) is 2. The summed E-state index contributed by atoms with van der Waals surface area (Å²) in [5, 5.41) is 1.30. The van der Waals surface area contributed by atoms with Crippen molar-refractivity contribution in [1.82, 2.24) is 0 Å². The van der Waals surface area contributed by atoms with Crippen molar-refractivity contribution < 1.29 is 28.5 Å². The summed E-state index contributed by atoms with van der Waals surface area (Å²) < 4.78 is 2.46. The van der Waals surface area contributed by atoms with Crippen LogP contribution in [0.15, 0.2) is 60.7 Å². The van der Waals surface area contributed by atoms with E-state index in [1.54, 1.807) is 0 Å². The van der Waals surface area contributed by atoms with Gasteiger partial charge in [-0.2, -0.15) is 4.57 Å². The third-order valence-corrected chi connectivity index (χ3v) is 4.78. The van der Waals surface area contributed by atoms with E-state index in [1.165, 1.54) is 27.8 Å². The molecule has 1 aromatic heterocycles. The van der Waals surface area contributed by atoms with Crippen molar-refractivity contribution in [3.8, 4) is 11.3 Å². The molecule has 0 atom stereocenters. The van der Waals surface area contributed by atoms with Gasteiger partial charge in [0.1, 0.15) is 0 Å². The SMILES string of the molecule is CCN(CC)c1ccc(-c2ccc3ccccc3[n+]2CC(C)C)cc1.[I-]. The van der Waals surface area contributed by atoms with E-state index in [4.69, 9.17) is 0 Å². The van der Waals surface area contributed by atoms with E-state index >= 15 is 0 Å². The Labute approximate surface area is 174 Å². The van der Waals surface area contributed by atoms with Crippen LogP contribution < -0.4 is 33.4 Å². The van der Waals surface area contributed by atoms with E-state index < -0.39 is 0 Å². The first-order valence-electron chi connectivity index (χ1n) is 9.41. The monoisotopic (exact) mass is 460 g/mol. The molecule has 0 fully saturated rings. The lowest BCUT2D eigenvalue weighted by Crippen LogP contribution is -3.00. The maximum atomic E-state index is 2.46. The summed E-state index contributed by atoms with van der Waals surface area (Å²) in [6, 6.07) is 22.2. The number of aromatic nitrogens is 1. The molecule has 26 heavy (non-hydrogen) atoms. The van der Waals surface area contributed by atoms with Gasteiger partial charge >= 0.3 is 0 Å².